The summed E-state index contributed by atoms with van der Waals surface area (Å²) in [7, 11) is 0. The van der Waals surface area contributed by atoms with E-state index in [9.17, 15) is 0 Å². The maximum atomic E-state index is 8.44. The quantitative estimate of drug-likeness (QED) is 0.524. The van der Waals surface area contributed by atoms with Gasteiger partial charge < -0.3 is 0 Å². The predicted octanol–water partition coefficient (Wildman–Crippen LogP) is 2.19. The van der Waals surface area contributed by atoms with Gasteiger partial charge in [0, 0.05) is 5.92 Å². The zero-order chi connectivity index (χ0) is 6.85. The van der Waals surface area contributed by atoms with Crippen molar-refractivity contribution in [3.8, 4) is 6.07 Å². The maximum Gasteiger partial charge on any atom is 0.0655 e. The second-order valence-corrected chi connectivity index (χ2v) is 3.30. The molecule has 1 heteroatoms. The Balaban J connectivity index is 2.21. The first-order valence-electron chi connectivity index (χ1n) is 3.63. The summed E-state index contributed by atoms with van der Waals surface area (Å²) in [6.07, 6.45) is 2.29. The fraction of sp³-hybridized carbons (Fsp3) is 0.875. The van der Waals surface area contributed by atoms with Crippen LogP contribution < -0.4 is 0 Å². The van der Waals surface area contributed by atoms with Crippen LogP contribution in [0.4, 0.5) is 0 Å². The molecule has 0 atom stereocenters. The van der Waals surface area contributed by atoms with E-state index in [2.05, 4.69) is 19.9 Å². The van der Waals surface area contributed by atoms with Gasteiger partial charge >= 0.3 is 0 Å². The normalized spacial score (nSPS) is 33.6. The Hall–Kier alpha value is -0.510. The molecule has 0 bridgehead atoms. The zero-order valence-electron chi connectivity index (χ0n) is 6.09. The highest BCUT2D eigenvalue weighted by atomic mass is 14.4. The Morgan fingerprint density at radius 3 is 2.33 bits per heavy atom. The molecule has 0 N–H and O–H groups in total. The second-order valence-electron chi connectivity index (χ2n) is 3.30. The Morgan fingerprint density at radius 2 is 2.00 bits per heavy atom. The van der Waals surface area contributed by atoms with Gasteiger partial charge in [0.1, 0.15) is 0 Å². The first-order valence-corrected chi connectivity index (χ1v) is 3.63. The highest BCUT2D eigenvalue weighted by Gasteiger charge is 2.30. The van der Waals surface area contributed by atoms with Crippen molar-refractivity contribution in [1.82, 2.24) is 0 Å². The number of nitriles is 1. The van der Waals surface area contributed by atoms with Crippen LogP contribution in [0, 0.1) is 29.1 Å². The van der Waals surface area contributed by atoms with Gasteiger partial charge in [-0.1, -0.05) is 13.8 Å². The van der Waals surface area contributed by atoms with E-state index in [1.807, 2.05) is 0 Å². The highest BCUT2D eigenvalue weighted by Crippen LogP contribution is 2.37. The van der Waals surface area contributed by atoms with Crippen molar-refractivity contribution in [2.75, 3.05) is 0 Å². The van der Waals surface area contributed by atoms with Gasteiger partial charge in [-0.25, -0.2) is 0 Å². The Kier molecular flexibility index (Phi) is 1.75. The van der Waals surface area contributed by atoms with Crippen LogP contribution in [0.25, 0.3) is 0 Å². The van der Waals surface area contributed by atoms with Crippen LogP contribution in [-0.2, 0) is 0 Å². The third kappa shape index (κ3) is 1.24. The predicted molar refractivity (Wildman–Crippen MR) is 36.7 cm³/mol. The summed E-state index contributed by atoms with van der Waals surface area (Å²) in [5.74, 6) is 2.02. The molecule has 1 aliphatic rings. The van der Waals surface area contributed by atoms with E-state index in [1.54, 1.807) is 0 Å². The third-order valence-electron chi connectivity index (χ3n) is 2.30. The lowest BCUT2D eigenvalue weighted by atomic mass is 9.70. The molecule has 0 aromatic rings. The molecule has 0 amide bonds. The average Bonchev–Trinajstić information content (AvgIpc) is 1.61. The highest BCUT2D eigenvalue weighted by molar-refractivity contribution is 4.94. The first-order chi connectivity index (χ1) is 4.24. The number of rotatable bonds is 1. The van der Waals surface area contributed by atoms with Gasteiger partial charge in [-0.2, -0.15) is 5.26 Å². The van der Waals surface area contributed by atoms with Crippen molar-refractivity contribution in [2.24, 2.45) is 17.8 Å². The summed E-state index contributed by atoms with van der Waals surface area (Å²) in [5, 5.41) is 8.44. The lowest BCUT2D eigenvalue weighted by molar-refractivity contribution is 0.182. The summed E-state index contributed by atoms with van der Waals surface area (Å²) in [6, 6.07) is 2.29. The molecular weight excluding hydrogens is 110 g/mol. The van der Waals surface area contributed by atoms with Crippen LogP contribution in [-0.4, -0.2) is 0 Å². The molecule has 0 aromatic heterocycles. The molecule has 0 unspecified atom stereocenters. The SMILES string of the molecule is CC(C)[C@H]1C[C@H](C#N)C1. The van der Waals surface area contributed by atoms with Crippen LogP contribution in [0.2, 0.25) is 0 Å². The first kappa shape index (κ1) is 6.61. The van der Waals surface area contributed by atoms with Crippen LogP contribution in [0.1, 0.15) is 26.7 Å². The molecule has 1 nitrogen and oxygen atoms in total. The van der Waals surface area contributed by atoms with Crippen molar-refractivity contribution in [1.29, 1.82) is 5.26 Å². The molecule has 1 rings (SSSR count). The standard InChI is InChI=1S/C8H13N/c1-6(2)8-3-7(4-8)5-9/h6-8H,3-4H2,1-2H3/t7-,8-. The fourth-order valence-electron chi connectivity index (χ4n) is 1.31. The third-order valence-corrected chi connectivity index (χ3v) is 2.30. The minimum atomic E-state index is 0.386. The van der Waals surface area contributed by atoms with E-state index in [0.717, 1.165) is 24.7 Å². The maximum absolute atomic E-state index is 8.44. The number of hydrogen-bond acceptors (Lipinski definition) is 1. The van der Waals surface area contributed by atoms with Crippen molar-refractivity contribution in [3.63, 3.8) is 0 Å². The minimum absolute atomic E-state index is 0.386. The summed E-state index contributed by atoms with van der Waals surface area (Å²) in [6.45, 7) is 4.47. The van der Waals surface area contributed by atoms with Crippen molar-refractivity contribution in [3.05, 3.63) is 0 Å². The molecule has 50 valence electrons. The molecule has 1 aliphatic carbocycles. The summed E-state index contributed by atoms with van der Waals surface area (Å²) in [4.78, 5) is 0. The van der Waals surface area contributed by atoms with Gasteiger partial charge in [-0.15, -0.1) is 0 Å². The number of nitrogens with zero attached hydrogens (tertiary/aromatic N) is 1. The average molecular weight is 123 g/mol. The molecule has 0 spiro atoms. The van der Waals surface area contributed by atoms with Gasteiger partial charge in [-0.3, -0.25) is 0 Å². The monoisotopic (exact) mass is 123 g/mol. The van der Waals surface area contributed by atoms with E-state index in [-0.39, 0.29) is 0 Å². The van der Waals surface area contributed by atoms with Crippen molar-refractivity contribution >= 4 is 0 Å². The molecule has 1 fully saturated rings. The van der Waals surface area contributed by atoms with Gasteiger partial charge in [0.25, 0.3) is 0 Å². The zero-order valence-corrected chi connectivity index (χ0v) is 6.09. The number of hydrogen-bond donors (Lipinski definition) is 0. The molecular formula is C8H13N. The molecule has 0 aliphatic heterocycles. The summed E-state index contributed by atoms with van der Waals surface area (Å²) >= 11 is 0. The van der Waals surface area contributed by atoms with Crippen LogP contribution in [0.15, 0.2) is 0 Å². The van der Waals surface area contributed by atoms with E-state index >= 15 is 0 Å². The van der Waals surface area contributed by atoms with Crippen LogP contribution >= 0.6 is 0 Å². The lowest BCUT2D eigenvalue weighted by Gasteiger charge is -2.33. The molecule has 0 aromatic carbocycles. The Bertz CT molecular complexity index is 126. The van der Waals surface area contributed by atoms with Gasteiger partial charge in [0.15, 0.2) is 0 Å². The van der Waals surface area contributed by atoms with Gasteiger partial charge in [0.2, 0.25) is 0 Å². The van der Waals surface area contributed by atoms with Crippen LogP contribution in [0.5, 0.6) is 0 Å². The van der Waals surface area contributed by atoms with E-state index in [1.165, 1.54) is 0 Å². The molecule has 0 heterocycles. The summed E-state index contributed by atoms with van der Waals surface area (Å²) in [5.41, 5.74) is 0. The fourth-order valence-corrected chi connectivity index (χ4v) is 1.31. The molecule has 0 radical (unpaired) electrons. The van der Waals surface area contributed by atoms with Crippen LogP contribution in [0.3, 0.4) is 0 Å². The topological polar surface area (TPSA) is 23.8 Å². The smallest absolute Gasteiger partial charge is 0.0655 e. The Morgan fingerprint density at radius 1 is 1.44 bits per heavy atom. The molecule has 1 saturated carbocycles. The van der Waals surface area contributed by atoms with E-state index in [4.69, 9.17) is 5.26 Å². The van der Waals surface area contributed by atoms with Crippen molar-refractivity contribution in [2.45, 2.75) is 26.7 Å². The van der Waals surface area contributed by atoms with Crippen molar-refractivity contribution < 1.29 is 0 Å². The molecule has 0 saturated heterocycles. The Labute approximate surface area is 56.7 Å². The van der Waals surface area contributed by atoms with E-state index < -0.39 is 0 Å². The van der Waals surface area contributed by atoms with E-state index in [0.29, 0.717) is 5.92 Å². The summed E-state index contributed by atoms with van der Waals surface area (Å²) < 4.78 is 0. The largest absolute Gasteiger partial charge is 0.198 e. The van der Waals surface area contributed by atoms with Gasteiger partial charge in [-0.05, 0) is 24.7 Å². The lowest BCUT2D eigenvalue weighted by Crippen LogP contribution is -2.26. The molecule has 9 heavy (non-hydrogen) atoms. The van der Waals surface area contributed by atoms with Gasteiger partial charge in [0.05, 0.1) is 6.07 Å². The second kappa shape index (κ2) is 2.39. The minimum Gasteiger partial charge on any atom is -0.198 e.